The zero-order valence-corrected chi connectivity index (χ0v) is 81.4. The first-order valence-corrected chi connectivity index (χ1v) is 50.4. The highest BCUT2D eigenvalue weighted by Crippen LogP contribution is 2.50. The fraction of sp³-hybridized carbons (Fsp3) is 0.398. The van der Waals surface area contributed by atoms with E-state index in [1.54, 1.807) is 6.07 Å². The molecule has 22 heteroatoms. The van der Waals surface area contributed by atoms with E-state index in [4.69, 9.17) is 88.7 Å². The summed E-state index contributed by atoms with van der Waals surface area (Å²) in [6.45, 7) is 10.3. The lowest BCUT2D eigenvalue weighted by molar-refractivity contribution is 0.0683. The number of anilines is 1. The van der Waals surface area contributed by atoms with E-state index < -0.39 is 0 Å². The molecule has 6 N–H and O–H groups in total. The summed E-state index contributed by atoms with van der Waals surface area (Å²) in [4.78, 5) is 39.3. The third kappa shape index (κ3) is 21.8. The summed E-state index contributed by atoms with van der Waals surface area (Å²) in [6, 6.07) is 50.6. The standard InChI is InChI=1S/C26H25BrClN3O.4C19H20BrClN2.CH4/c27-19-13-18-6-5-17-14-20(28)7-8-21(17)24(25(18)30-15-19)16-9-11-31(12-10-16)26(32)22-3-1-2-4-23(22)29;4*20-15-9-14-2-1-13-10-16(21)3-4-17(13)18(19(14)23-11-15)12-5-7-22-8-6-12;/h1-4,7-8,13-16,24H,5-6,9-12,29H2;4*3-4,9-12,18,22H,1-2,5-8H2;1H4/t24-;3*18-;;/m1110../s1. The van der Waals surface area contributed by atoms with Gasteiger partial charge in [0.2, 0.25) is 0 Å². The Morgan fingerprint density at radius 3 is 0.752 bits per heavy atom. The molecule has 12 nitrogen and oxygen atoms in total. The number of halogens is 10. The number of nitrogens with one attached hydrogen (secondary N) is 4. The number of nitrogen functional groups attached to an aromatic ring is 1. The first-order chi connectivity index (χ1) is 60.4. The number of para-hydroxylation sites is 1. The topological polar surface area (TPSA) is 159 Å². The second-order valence-corrected chi connectivity index (χ2v) is 41.9. The maximum absolute atomic E-state index is 13.0. The van der Waals surface area contributed by atoms with E-state index in [1.807, 2.05) is 84.4 Å². The fourth-order valence-electron chi connectivity index (χ4n) is 21.8. The van der Waals surface area contributed by atoms with Gasteiger partial charge in [0.05, 0.1) is 34.0 Å². The highest BCUT2D eigenvalue weighted by molar-refractivity contribution is 9.11. The van der Waals surface area contributed by atoms with Crippen molar-refractivity contribution in [3.05, 3.63) is 342 Å². The molecule has 21 rings (SSSR count). The third-order valence-electron chi connectivity index (χ3n) is 27.7. The van der Waals surface area contributed by atoms with Gasteiger partial charge in [0, 0.05) is 127 Å². The average molecular weight is 2090 g/mol. The first-order valence-electron chi connectivity index (χ1n) is 44.5. The molecule has 10 aliphatic rings. The molecule has 5 aromatic heterocycles. The van der Waals surface area contributed by atoms with Crippen LogP contribution < -0.4 is 27.0 Å². The van der Waals surface area contributed by atoms with E-state index in [-0.39, 0.29) is 19.3 Å². The second kappa shape index (κ2) is 42.9. The van der Waals surface area contributed by atoms with Gasteiger partial charge in [0.25, 0.3) is 5.91 Å². The number of pyridine rings is 5. The molecule has 0 spiro atoms. The van der Waals surface area contributed by atoms with Gasteiger partial charge < -0.3 is 31.9 Å². The monoisotopic (exact) mass is 2090 g/mol. The van der Waals surface area contributed by atoms with Crippen LogP contribution in [0.2, 0.25) is 25.1 Å². The van der Waals surface area contributed by atoms with Crippen molar-refractivity contribution < 1.29 is 4.79 Å². The molecule has 6 aromatic carbocycles. The van der Waals surface area contributed by atoms with Gasteiger partial charge in [-0.2, -0.15) is 0 Å². The molecule has 0 radical (unpaired) electrons. The number of nitrogens with zero attached hydrogens (tertiary/aromatic N) is 6. The number of rotatable bonds is 6. The Morgan fingerprint density at radius 2 is 0.520 bits per heavy atom. The van der Waals surface area contributed by atoms with Gasteiger partial charge in [-0.15, -0.1) is 0 Å². The van der Waals surface area contributed by atoms with Crippen molar-refractivity contribution in [1.82, 2.24) is 51.1 Å². The molecule has 0 bridgehead atoms. The number of likely N-dealkylation sites (tertiary alicyclic amines) is 1. The lowest BCUT2D eigenvalue weighted by Gasteiger charge is -2.37. The molecule has 1 amide bonds. The van der Waals surface area contributed by atoms with Gasteiger partial charge in [-0.3, -0.25) is 29.7 Å². The van der Waals surface area contributed by atoms with Crippen LogP contribution in [-0.4, -0.2) is 101 Å². The Hall–Kier alpha value is -5.97. The van der Waals surface area contributed by atoms with Gasteiger partial charge >= 0.3 is 0 Å². The van der Waals surface area contributed by atoms with Gasteiger partial charge in [0.1, 0.15) is 0 Å². The van der Waals surface area contributed by atoms with Gasteiger partial charge in [-0.25, -0.2) is 0 Å². The number of amides is 1. The number of hydrogen-bond donors (Lipinski definition) is 5. The van der Waals surface area contributed by atoms with Crippen LogP contribution in [0.25, 0.3) is 0 Å². The zero-order chi connectivity index (χ0) is 85.5. The number of hydrogen-bond acceptors (Lipinski definition) is 11. The Kier molecular flexibility index (Phi) is 31.7. The molecule has 5 fully saturated rings. The van der Waals surface area contributed by atoms with Crippen LogP contribution in [0.3, 0.4) is 0 Å². The summed E-state index contributed by atoms with van der Waals surface area (Å²) in [5.41, 5.74) is 34.3. The number of aromatic nitrogens is 5. The summed E-state index contributed by atoms with van der Waals surface area (Å²) in [7, 11) is 0. The second-order valence-electron chi connectivity index (χ2n) is 35.2. The van der Waals surface area contributed by atoms with Crippen molar-refractivity contribution >= 4 is 149 Å². The van der Waals surface area contributed by atoms with E-state index >= 15 is 0 Å². The maximum Gasteiger partial charge on any atom is 0.255 e. The molecule has 5 aliphatic heterocycles. The third-order valence-corrected chi connectivity index (χ3v) is 31.1. The molecule has 0 saturated carbocycles. The normalized spacial score (nSPS) is 20.5. The summed E-state index contributed by atoms with van der Waals surface area (Å²) in [5, 5.41) is 18.1. The lowest BCUT2D eigenvalue weighted by atomic mass is 9.76. The maximum atomic E-state index is 13.0. The summed E-state index contributed by atoms with van der Waals surface area (Å²) < 4.78 is 5.31. The first kappa shape index (κ1) is 92.3. The number of carbonyl (C=O) groups excluding carboxylic acids is 1. The Bertz CT molecular complexity index is 4890. The largest absolute Gasteiger partial charge is 0.398 e. The molecule has 11 aromatic rings. The molecule has 5 aliphatic carbocycles. The van der Waals surface area contributed by atoms with Crippen LogP contribution in [0.1, 0.15) is 224 Å². The van der Waals surface area contributed by atoms with E-state index in [0.29, 0.717) is 64.5 Å². The predicted molar refractivity (Wildman–Crippen MR) is 532 cm³/mol. The highest BCUT2D eigenvalue weighted by atomic mass is 79.9. The Morgan fingerprint density at radius 1 is 0.304 bits per heavy atom. The average Bonchev–Trinajstić information content (AvgIpc) is 1.74. The molecule has 125 heavy (non-hydrogen) atoms. The van der Waals surface area contributed by atoms with Crippen molar-refractivity contribution in [2.45, 2.75) is 165 Å². The number of aryl methyl sites for hydroxylation is 10. The highest BCUT2D eigenvalue weighted by Gasteiger charge is 2.40. The van der Waals surface area contributed by atoms with Crippen LogP contribution in [0.15, 0.2) is 199 Å². The minimum atomic E-state index is 0. The summed E-state index contributed by atoms with van der Waals surface area (Å²) in [5.74, 6) is 4.86. The van der Waals surface area contributed by atoms with Crippen molar-refractivity contribution in [2.24, 2.45) is 29.6 Å². The van der Waals surface area contributed by atoms with Crippen LogP contribution >= 0.6 is 138 Å². The van der Waals surface area contributed by atoms with Crippen LogP contribution in [-0.2, 0) is 64.2 Å². The van der Waals surface area contributed by atoms with Crippen molar-refractivity contribution in [1.29, 1.82) is 0 Å². The SMILES string of the molecule is C.Clc1ccc2c(c1)CCc1cc(Br)cnc1C2C1CCNCC1.Clc1ccc2c(c1)CCc1cc(Br)cnc1[C@@H]2C1CCNCC1.Clc1ccc2c(c1)CCc1cc(Br)cnc1[C@@H]2C1CCNCC1.Clc1ccc2c(c1)CCc1cc(Br)cnc1[C@H]2C1CCNCC1.Nc1ccccc1C(=O)N1CCC([C@@H]2c3ccc(Cl)cc3CCc3cc(Br)cnc32)CC1. The molecule has 652 valence electrons. The van der Waals surface area contributed by atoms with Crippen LogP contribution in [0.5, 0.6) is 0 Å². The molecule has 5 saturated heterocycles. The smallest absolute Gasteiger partial charge is 0.255 e. The summed E-state index contributed by atoms with van der Waals surface area (Å²) >= 11 is 49.3. The minimum Gasteiger partial charge on any atom is -0.398 e. The van der Waals surface area contributed by atoms with E-state index in [1.165, 1.54) is 163 Å². The number of benzene rings is 6. The Labute approximate surface area is 805 Å². The number of piperidine rings is 5. The molecular formula is C103H109Br5Cl5N11O. The number of carbonyl (C=O) groups is 1. The molecule has 5 atom stereocenters. The van der Waals surface area contributed by atoms with E-state index in [9.17, 15) is 4.79 Å². The van der Waals surface area contributed by atoms with Gasteiger partial charge in [-0.05, 0) is 477 Å². The van der Waals surface area contributed by atoms with Crippen molar-refractivity contribution in [2.75, 3.05) is 71.2 Å². The number of fused-ring (bicyclic) bond motifs is 10. The van der Waals surface area contributed by atoms with Crippen molar-refractivity contribution in [3.63, 3.8) is 0 Å². The quantitative estimate of drug-likeness (QED) is 0.101. The van der Waals surface area contributed by atoms with Crippen LogP contribution in [0, 0.1) is 29.6 Å². The molecular weight excluding hydrogens is 1980 g/mol. The van der Waals surface area contributed by atoms with Crippen LogP contribution in [0.4, 0.5) is 5.69 Å². The van der Waals surface area contributed by atoms with E-state index in [0.717, 1.165) is 190 Å². The van der Waals surface area contributed by atoms with E-state index in [2.05, 4.69) is 192 Å². The predicted octanol–water partition coefficient (Wildman–Crippen LogP) is 25.4. The summed E-state index contributed by atoms with van der Waals surface area (Å²) in [6.07, 6.45) is 31.5. The zero-order valence-electron chi connectivity index (χ0n) is 69.7. The molecule has 10 heterocycles. The van der Waals surface area contributed by atoms with Crippen molar-refractivity contribution in [3.8, 4) is 0 Å². The minimum absolute atomic E-state index is 0. The van der Waals surface area contributed by atoms with Gasteiger partial charge in [-0.1, -0.05) is 108 Å². The lowest BCUT2D eigenvalue weighted by Crippen LogP contribution is -2.40. The number of nitrogens with two attached hydrogens (primary N) is 1. The van der Waals surface area contributed by atoms with Gasteiger partial charge in [0.15, 0.2) is 0 Å². The Balaban J connectivity index is 0.000000116. The molecule has 1 unspecified atom stereocenters. The fourth-order valence-corrected chi connectivity index (χ4v) is 24.7.